The van der Waals surface area contributed by atoms with E-state index >= 15 is 0 Å². The monoisotopic (exact) mass is 293 g/mol. The fourth-order valence-corrected chi connectivity index (χ4v) is 2.47. The maximum atomic E-state index is 12.4. The third-order valence-corrected chi connectivity index (χ3v) is 3.45. The van der Waals surface area contributed by atoms with Gasteiger partial charge in [0.25, 0.3) is 0 Å². The zero-order chi connectivity index (χ0) is 14.2. The average Bonchev–Trinajstić information content (AvgIpc) is 2.33. The molecule has 19 heavy (non-hydrogen) atoms. The Hall–Kier alpha value is -1.51. The molecule has 0 saturated carbocycles. The summed E-state index contributed by atoms with van der Waals surface area (Å²) >= 11 is 11.9. The summed E-state index contributed by atoms with van der Waals surface area (Å²) in [7, 11) is 0. The first-order valence-electron chi connectivity index (χ1n) is 5.76. The number of rotatable bonds is 2. The second-order valence-corrected chi connectivity index (χ2v) is 5.37. The Balaban J connectivity index is 2.50. The molecule has 0 saturated heterocycles. The summed E-state index contributed by atoms with van der Waals surface area (Å²) in [6.45, 7) is 3.90. The first-order chi connectivity index (χ1) is 8.88. The van der Waals surface area contributed by atoms with Crippen molar-refractivity contribution < 1.29 is 4.79 Å². The number of carbonyl (C=O) groups excluding carboxylic acids is 1. The Morgan fingerprint density at radius 2 is 1.32 bits per heavy atom. The number of nitrogen functional groups attached to an aromatic ring is 1. The number of halogens is 2. The van der Waals surface area contributed by atoms with Gasteiger partial charge < -0.3 is 5.73 Å². The molecule has 2 N–H and O–H groups in total. The van der Waals surface area contributed by atoms with Gasteiger partial charge in [0.05, 0.1) is 15.7 Å². The lowest BCUT2D eigenvalue weighted by molar-refractivity contribution is 0.103. The molecule has 0 heterocycles. The quantitative estimate of drug-likeness (QED) is 0.658. The zero-order valence-corrected chi connectivity index (χ0v) is 12.1. The van der Waals surface area contributed by atoms with Gasteiger partial charge in [-0.25, -0.2) is 0 Å². The van der Waals surface area contributed by atoms with Crippen LogP contribution in [-0.4, -0.2) is 5.78 Å². The van der Waals surface area contributed by atoms with Gasteiger partial charge >= 0.3 is 0 Å². The van der Waals surface area contributed by atoms with Crippen LogP contribution in [0.15, 0.2) is 30.3 Å². The van der Waals surface area contributed by atoms with E-state index in [2.05, 4.69) is 0 Å². The molecule has 0 radical (unpaired) electrons. The van der Waals surface area contributed by atoms with Crippen molar-refractivity contribution >= 4 is 34.7 Å². The lowest BCUT2D eigenvalue weighted by Crippen LogP contribution is -2.03. The van der Waals surface area contributed by atoms with Crippen LogP contribution in [0.1, 0.15) is 27.0 Å². The van der Waals surface area contributed by atoms with Gasteiger partial charge in [0, 0.05) is 11.1 Å². The van der Waals surface area contributed by atoms with E-state index in [9.17, 15) is 4.79 Å². The van der Waals surface area contributed by atoms with Gasteiger partial charge in [-0.15, -0.1) is 0 Å². The molecule has 2 aromatic carbocycles. The van der Waals surface area contributed by atoms with Crippen LogP contribution in [-0.2, 0) is 0 Å². The minimum atomic E-state index is -0.115. The van der Waals surface area contributed by atoms with Crippen LogP contribution in [0.4, 0.5) is 5.69 Å². The van der Waals surface area contributed by atoms with Gasteiger partial charge in [-0.05, 0) is 38.1 Å². The molecule has 0 atom stereocenters. The number of nitrogens with two attached hydrogens (primary N) is 1. The molecule has 0 aliphatic rings. The van der Waals surface area contributed by atoms with Gasteiger partial charge in [0.2, 0.25) is 0 Å². The van der Waals surface area contributed by atoms with E-state index in [1.54, 1.807) is 12.1 Å². The molecule has 0 fully saturated rings. The van der Waals surface area contributed by atoms with Crippen LogP contribution in [0.2, 0.25) is 10.0 Å². The van der Waals surface area contributed by atoms with Gasteiger partial charge in [0.1, 0.15) is 0 Å². The van der Waals surface area contributed by atoms with Crippen molar-refractivity contribution in [2.75, 3.05) is 5.73 Å². The molecule has 0 aliphatic carbocycles. The summed E-state index contributed by atoms with van der Waals surface area (Å²) in [5.41, 5.74) is 9.09. The Morgan fingerprint density at radius 1 is 0.895 bits per heavy atom. The highest BCUT2D eigenvalue weighted by atomic mass is 35.5. The highest BCUT2D eigenvalue weighted by Gasteiger charge is 2.13. The van der Waals surface area contributed by atoms with Gasteiger partial charge in [0.15, 0.2) is 5.78 Å². The lowest BCUT2D eigenvalue weighted by atomic mass is 9.99. The predicted octanol–water partition coefficient (Wildman–Crippen LogP) is 4.42. The van der Waals surface area contributed by atoms with E-state index < -0.39 is 0 Å². The number of hydrogen-bond donors (Lipinski definition) is 1. The van der Waals surface area contributed by atoms with Crippen molar-refractivity contribution in [1.82, 2.24) is 0 Å². The number of hydrogen-bond acceptors (Lipinski definition) is 2. The van der Waals surface area contributed by atoms with Gasteiger partial charge in [-0.1, -0.05) is 40.4 Å². The van der Waals surface area contributed by atoms with Crippen molar-refractivity contribution in [3.8, 4) is 0 Å². The normalized spacial score (nSPS) is 10.5. The topological polar surface area (TPSA) is 43.1 Å². The summed E-state index contributed by atoms with van der Waals surface area (Å²) in [5.74, 6) is -0.115. The number of carbonyl (C=O) groups is 1. The van der Waals surface area contributed by atoms with Crippen molar-refractivity contribution in [3.63, 3.8) is 0 Å². The van der Waals surface area contributed by atoms with E-state index in [-0.39, 0.29) is 5.78 Å². The molecule has 4 heteroatoms. The maximum absolute atomic E-state index is 12.4. The smallest absolute Gasteiger partial charge is 0.193 e. The Labute approximate surface area is 122 Å². The van der Waals surface area contributed by atoms with Crippen LogP contribution < -0.4 is 5.73 Å². The fraction of sp³-hybridized carbons (Fsp3) is 0.133. The molecule has 0 amide bonds. The number of benzene rings is 2. The summed E-state index contributed by atoms with van der Waals surface area (Å²) < 4.78 is 0. The van der Waals surface area contributed by atoms with E-state index in [0.717, 1.165) is 11.1 Å². The summed E-state index contributed by atoms with van der Waals surface area (Å²) in [6, 6.07) is 8.78. The van der Waals surface area contributed by atoms with Gasteiger partial charge in [-0.2, -0.15) is 0 Å². The van der Waals surface area contributed by atoms with Crippen molar-refractivity contribution in [2.24, 2.45) is 0 Å². The molecule has 0 bridgehead atoms. The molecule has 0 unspecified atom stereocenters. The number of aryl methyl sites for hydroxylation is 2. The Morgan fingerprint density at radius 3 is 1.79 bits per heavy atom. The maximum Gasteiger partial charge on any atom is 0.193 e. The van der Waals surface area contributed by atoms with Crippen molar-refractivity contribution in [2.45, 2.75) is 13.8 Å². The zero-order valence-electron chi connectivity index (χ0n) is 10.6. The molecule has 0 aromatic heterocycles. The van der Waals surface area contributed by atoms with Crippen molar-refractivity contribution in [1.29, 1.82) is 0 Å². The highest BCUT2D eigenvalue weighted by Crippen LogP contribution is 2.30. The summed E-state index contributed by atoms with van der Waals surface area (Å²) in [5, 5.41) is 0.584. The largest absolute Gasteiger partial charge is 0.396 e. The summed E-state index contributed by atoms with van der Waals surface area (Å²) in [6.07, 6.45) is 0. The average molecular weight is 294 g/mol. The predicted molar refractivity (Wildman–Crippen MR) is 80.2 cm³/mol. The Bertz CT molecular complexity index is 622. The highest BCUT2D eigenvalue weighted by molar-refractivity contribution is 6.39. The van der Waals surface area contributed by atoms with E-state index in [0.29, 0.717) is 26.9 Å². The third-order valence-electron chi connectivity index (χ3n) is 2.83. The Kier molecular flexibility index (Phi) is 3.83. The minimum Gasteiger partial charge on any atom is -0.396 e. The molecule has 2 rings (SSSR count). The van der Waals surface area contributed by atoms with Crippen LogP contribution in [0.3, 0.4) is 0 Å². The van der Waals surface area contributed by atoms with E-state index in [1.807, 2.05) is 32.0 Å². The SMILES string of the molecule is Cc1cc(C)cc(C(=O)c2cc(Cl)c(N)c(Cl)c2)c1. The first-order valence-corrected chi connectivity index (χ1v) is 6.51. The van der Waals surface area contributed by atoms with Crippen LogP contribution in [0.5, 0.6) is 0 Å². The number of ketones is 1. The molecule has 2 aromatic rings. The second-order valence-electron chi connectivity index (χ2n) is 4.56. The standard InChI is InChI=1S/C15H13Cl2NO/c1-8-3-9(2)5-10(4-8)15(19)11-6-12(16)14(18)13(17)7-11/h3-7H,18H2,1-2H3. The number of anilines is 1. The van der Waals surface area contributed by atoms with Crippen molar-refractivity contribution in [3.05, 3.63) is 62.6 Å². The van der Waals surface area contributed by atoms with Gasteiger partial charge in [-0.3, -0.25) is 4.79 Å². The summed E-state index contributed by atoms with van der Waals surface area (Å²) in [4.78, 5) is 12.4. The molecular formula is C15H13Cl2NO. The molecular weight excluding hydrogens is 281 g/mol. The minimum absolute atomic E-state index is 0.115. The molecule has 0 aliphatic heterocycles. The second kappa shape index (κ2) is 5.24. The third kappa shape index (κ3) is 2.91. The van der Waals surface area contributed by atoms with E-state index in [4.69, 9.17) is 28.9 Å². The van der Waals surface area contributed by atoms with Crippen LogP contribution in [0, 0.1) is 13.8 Å². The van der Waals surface area contributed by atoms with Crippen LogP contribution >= 0.6 is 23.2 Å². The molecule has 98 valence electrons. The lowest BCUT2D eigenvalue weighted by Gasteiger charge is -2.07. The van der Waals surface area contributed by atoms with Crippen LogP contribution in [0.25, 0.3) is 0 Å². The fourth-order valence-electron chi connectivity index (χ4n) is 1.99. The molecule has 0 spiro atoms. The van der Waals surface area contributed by atoms with E-state index in [1.165, 1.54) is 0 Å². The first kappa shape index (κ1) is 13.9. The molecule has 2 nitrogen and oxygen atoms in total.